The summed E-state index contributed by atoms with van der Waals surface area (Å²) in [5, 5.41) is 3.64. The van der Waals surface area contributed by atoms with Crippen molar-refractivity contribution in [1.82, 2.24) is 5.32 Å². The van der Waals surface area contributed by atoms with Crippen LogP contribution in [0, 0.1) is 5.82 Å². The van der Waals surface area contributed by atoms with E-state index in [2.05, 4.69) is 37.2 Å². The topological polar surface area (TPSA) is 29.1 Å². The fraction of sp³-hybridized carbons (Fsp3) is 0.417. The van der Waals surface area contributed by atoms with E-state index in [1.54, 1.807) is 12.1 Å². The van der Waals surface area contributed by atoms with Crippen molar-refractivity contribution in [2.45, 2.75) is 24.2 Å². The Bertz CT molecular complexity index is 369. The molecule has 0 aliphatic carbocycles. The Hall–Kier alpha value is -0.420. The van der Waals surface area contributed by atoms with Crippen LogP contribution < -0.4 is 5.32 Å². The second-order valence-electron chi connectivity index (χ2n) is 3.73. The zero-order valence-corrected chi connectivity index (χ0v) is 12.6. The molecule has 1 rings (SSSR count). The molecule has 1 N–H and O–H groups in total. The highest BCUT2D eigenvalue weighted by molar-refractivity contribution is 9.10. The van der Waals surface area contributed by atoms with E-state index >= 15 is 0 Å². The molecule has 0 spiro atoms. The molecule has 0 saturated heterocycles. The van der Waals surface area contributed by atoms with E-state index in [0.717, 1.165) is 17.3 Å². The molecule has 2 nitrogen and oxygen atoms in total. The lowest BCUT2D eigenvalue weighted by atomic mass is 10.1. The molecule has 0 aliphatic rings. The first-order valence-electron chi connectivity index (χ1n) is 5.30. The van der Waals surface area contributed by atoms with E-state index in [0.29, 0.717) is 0 Å². The lowest BCUT2D eigenvalue weighted by Crippen LogP contribution is -2.33. The van der Waals surface area contributed by atoms with Crippen molar-refractivity contribution in [3.8, 4) is 0 Å². The Balaban J connectivity index is 2.57. The molecule has 0 fully saturated rings. The lowest BCUT2D eigenvalue weighted by molar-refractivity contribution is -0.121. The van der Waals surface area contributed by atoms with Crippen molar-refractivity contribution in [1.29, 1.82) is 0 Å². The highest BCUT2D eigenvalue weighted by atomic mass is 79.9. The molecular weight excluding hydrogens is 353 g/mol. The molecular formula is C12H14Br2FNO. The molecule has 1 aromatic rings. The summed E-state index contributed by atoms with van der Waals surface area (Å²) in [6.07, 6.45) is 0.724. The third-order valence-corrected chi connectivity index (χ3v) is 3.71. The largest absolute Gasteiger partial charge is 0.349 e. The van der Waals surface area contributed by atoms with Crippen molar-refractivity contribution >= 4 is 37.8 Å². The van der Waals surface area contributed by atoms with Crippen LogP contribution in [0.15, 0.2) is 24.3 Å². The van der Waals surface area contributed by atoms with Gasteiger partial charge in [0.1, 0.15) is 5.82 Å². The minimum atomic E-state index is -0.273. The van der Waals surface area contributed by atoms with Crippen molar-refractivity contribution in [2.24, 2.45) is 0 Å². The Morgan fingerprint density at radius 2 is 2.00 bits per heavy atom. The number of rotatable bonds is 5. The summed E-state index contributed by atoms with van der Waals surface area (Å²) in [7, 11) is 0. The summed E-state index contributed by atoms with van der Waals surface area (Å²) in [6.45, 7) is 1.87. The summed E-state index contributed by atoms with van der Waals surface area (Å²) in [5.41, 5.74) is 0.887. The van der Waals surface area contributed by atoms with Crippen LogP contribution in [0.2, 0.25) is 0 Å². The third kappa shape index (κ3) is 4.76. The second-order valence-corrected chi connectivity index (χ2v) is 5.63. The van der Waals surface area contributed by atoms with E-state index in [1.807, 2.05) is 6.92 Å². The molecule has 0 aromatic heterocycles. The first kappa shape index (κ1) is 14.6. The van der Waals surface area contributed by atoms with Crippen LogP contribution in [-0.4, -0.2) is 16.1 Å². The number of carbonyl (C=O) groups excluding carboxylic acids is 1. The monoisotopic (exact) mass is 365 g/mol. The Kier molecular flexibility index (Phi) is 6.12. The Morgan fingerprint density at radius 1 is 1.41 bits per heavy atom. The summed E-state index contributed by atoms with van der Waals surface area (Å²) < 4.78 is 12.7. The standard InChI is InChI=1S/C12H14Br2FNO/c1-8(9-2-4-10(15)5-3-9)16-12(17)11(14)6-7-13/h2-5,8,11H,6-7H2,1H3,(H,16,17). The number of benzene rings is 1. The Labute approximate surface area is 117 Å². The van der Waals surface area contributed by atoms with Gasteiger partial charge in [0.25, 0.3) is 0 Å². The van der Waals surface area contributed by atoms with Gasteiger partial charge < -0.3 is 5.32 Å². The predicted octanol–water partition coefficient (Wildman–Crippen LogP) is 3.55. The van der Waals surface area contributed by atoms with Gasteiger partial charge in [-0.05, 0) is 31.0 Å². The molecule has 5 heteroatoms. The quantitative estimate of drug-likeness (QED) is 0.793. The minimum absolute atomic E-state index is 0.0544. The molecule has 0 heterocycles. The van der Waals surface area contributed by atoms with E-state index in [9.17, 15) is 9.18 Å². The maximum atomic E-state index is 12.7. The van der Waals surface area contributed by atoms with E-state index in [4.69, 9.17) is 0 Å². The van der Waals surface area contributed by atoms with Crippen LogP contribution in [0.1, 0.15) is 24.9 Å². The first-order chi connectivity index (χ1) is 8.04. The molecule has 0 saturated carbocycles. The number of hydrogen-bond acceptors (Lipinski definition) is 1. The van der Waals surface area contributed by atoms with Gasteiger partial charge in [-0.2, -0.15) is 0 Å². The number of alkyl halides is 2. The summed E-state index contributed by atoms with van der Waals surface area (Å²) in [6, 6.07) is 6.00. The zero-order chi connectivity index (χ0) is 12.8. The summed E-state index contributed by atoms with van der Waals surface area (Å²) in [5.74, 6) is -0.328. The molecule has 0 aliphatic heterocycles. The molecule has 1 amide bonds. The van der Waals surface area contributed by atoms with Crippen molar-refractivity contribution in [3.05, 3.63) is 35.6 Å². The maximum absolute atomic E-state index is 12.7. The molecule has 0 bridgehead atoms. The molecule has 17 heavy (non-hydrogen) atoms. The highest BCUT2D eigenvalue weighted by Crippen LogP contribution is 2.15. The fourth-order valence-corrected chi connectivity index (χ4v) is 2.80. The van der Waals surface area contributed by atoms with Crippen molar-refractivity contribution < 1.29 is 9.18 Å². The normalized spacial score (nSPS) is 14.1. The lowest BCUT2D eigenvalue weighted by Gasteiger charge is -2.16. The van der Waals surface area contributed by atoms with Gasteiger partial charge in [0, 0.05) is 5.33 Å². The van der Waals surface area contributed by atoms with Crippen LogP contribution in [-0.2, 0) is 4.79 Å². The maximum Gasteiger partial charge on any atom is 0.234 e. The van der Waals surface area contributed by atoms with Gasteiger partial charge in [-0.3, -0.25) is 4.79 Å². The highest BCUT2D eigenvalue weighted by Gasteiger charge is 2.16. The van der Waals surface area contributed by atoms with Crippen LogP contribution in [0.3, 0.4) is 0 Å². The van der Waals surface area contributed by atoms with Gasteiger partial charge in [0.15, 0.2) is 0 Å². The van der Waals surface area contributed by atoms with E-state index < -0.39 is 0 Å². The first-order valence-corrected chi connectivity index (χ1v) is 7.34. The molecule has 2 atom stereocenters. The van der Waals surface area contributed by atoms with Gasteiger partial charge in [0.2, 0.25) is 5.91 Å². The molecule has 1 aromatic carbocycles. The molecule has 2 unspecified atom stereocenters. The van der Waals surface area contributed by atoms with E-state index in [-0.39, 0.29) is 22.6 Å². The third-order valence-electron chi connectivity index (χ3n) is 2.38. The number of hydrogen-bond donors (Lipinski definition) is 1. The van der Waals surface area contributed by atoms with Gasteiger partial charge in [-0.25, -0.2) is 4.39 Å². The van der Waals surface area contributed by atoms with Crippen LogP contribution in [0.5, 0.6) is 0 Å². The molecule has 94 valence electrons. The number of nitrogens with one attached hydrogen (secondary N) is 1. The summed E-state index contributed by atoms with van der Waals surface area (Å²) in [4.78, 5) is 11.5. The van der Waals surface area contributed by atoms with Gasteiger partial charge >= 0.3 is 0 Å². The van der Waals surface area contributed by atoms with Crippen molar-refractivity contribution in [3.63, 3.8) is 0 Å². The zero-order valence-electron chi connectivity index (χ0n) is 9.42. The predicted molar refractivity (Wildman–Crippen MR) is 74.1 cm³/mol. The smallest absolute Gasteiger partial charge is 0.234 e. The average molecular weight is 367 g/mol. The second kappa shape index (κ2) is 7.11. The molecule has 0 radical (unpaired) electrons. The number of carbonyl (C=O) groups is 1. The van der Waals surface area contributed by atoms with Gasteiger partial charge in [0.05, 0.1) is 10.9 Å². The Morgan fingerprint density at radius 3 is 2.53 bits per heavy atom. The van der Waals surface area contributed by atoms with Gasteiger partial charge in [-0.15, -0.1) is 0 Å². The fourth-order valence-electron chi connectivity index (χ4n) is 1.37. The van der Waals surface area contributed by atoms with Crippen LogP contribution in [0.4, 0.5) is 4.39 Å². The average Bonchev–Trinajstić information content (AvgIpc) is 2.30. The van der Waals surface area contributed by atoms with Crippen LogP contribution in [0.25, 0.3) is 0 Å². The number of amides is 1. The SMILES string of the molecule is CC(NC(=O)C(Br)CCBr)c1ccc(F)cc1. The van der Waals surface area contributed by atoms with E-state index in [1.165, 1.54) is 12.1 Å². The van der Waals surface area contributed by atoms with Crippen molar-refractivity contribution in [2.75, 3.05) is 5.33 Å². The van der Waals surface area contributed by atoms with Gasteiger partial charge in [-0.1, -0.05) is 44.0 Å². The summed E-state index contributed by atoms with van der Waals surface area (Å²) >= 11 is 6.60. The minimum Gasteiger partial charge on any atom is -0.349 e. The van der Waals surface area contributed by atoms with Crippen LogP contribution >= 0.6 is 31.9 Å². The number of halogens is 3.